The predicted octanol–water partition coefficient (Wildman–Crippen LogP) is 6.01. The molecule has 0 radical (unpaired) electrons. The zero-order chi connectivity index (χ0) is 63.1. The van der Waals surface area contributed by atoms with E-state index in [0.29, 0.717) is 41.7 Å². The third kappa shape index (κ3) is 16.0. The minimum Gasteiger partial charge on any atom is -0.464 e. The first-order valence-electron chi connectivity index (χ1n) is 25.5. The molecule has 4 aromatic carbocycles. The fourth-order valence-electron chi connectivity index (χ4n) is 8.60. The Morgan fingerprint density at radius 1 is 0.701 bits per heavy atom. The van der Waals surface area contributed by atoms with E-state index in [0.717, 1.165) is 24.6 Å². The van der Waals surface area contributed by atoms with Gasteiger partial charge in [0.2, 0.25) is 11.2 Å². The van der Waals surface area contributed by atoms with Gasteiger partial charge in [-0.05, 0) is 69.3 Å². The van der Waals surface area contributed by atoms with Gasteiger partial charge in [0.1, 0.15) is 5.15 Å². The van der Waals surface area contributed by atoms with Crippen molar-refractivity contribution in [2.45, 2.75) is 54.6 Å². The molecular formula is C59H50BCl3F3KN6O12S2. The first kappa shape index (κ1) is 69.5. The van der Waals surface area contributed by atoms with E-state index < -0.39 is 56.6 Å². The molecule has 446 valence electrons. The molecule has 10 rings (SSSR count). The normalized spacial score (nSPS) is 16.1. The fourth-order valence-corrected chi connectivity index (χ4v) is 12.1. The number of benzene rings is 4. The predicted molar refractivity (Wildman–Crippen MR) is 317 cm³/mol. The number of halogens is 6. The quantitative estimate of drug-likeness (QED) is 0.0583. The summed E-state index contributed by atoms with van der Waals surface area (Å²) in [6.45, 7) is 6.33. The molecule has 18 nitrogen and oxygen atoms in total. The minimum absolute atomic E-state index is 0. The van der Waals surface area contributed by atoms with E-state index >= 15 is 0 Å². The van der Waals surface area contributed by atoms with Gasteiger partial charge in [-0.15, -0.1) is 5.92 Å². The minimum atomic E-state index is -4.13. The first-order valence-corrected chi connectivity index (χ1v) is 29.6. The number of ether oxygens (including phenoxy) is 2. The maximum absolute atomic E-state index is 13.6. The molecule has 2 atom stereocenters. The standard InChI is InChI=1S/C30H26ClN3O6S.C16H12Cl2N2O4S.C13H12NO2.BF3.K/c1-4-40-28(35)26-27-23(24(31)18-34(27)41(38,39)22-10-8-19(2)9-11-22)17-25(32-26)21-7-5-6-20(16-21)12-13-30(37)14-15-33(3)29(30)36;1-9-3-5-10(6-4-9)25(22,23)20-8-12(17)11-7-13(18)19-14(15(11)20)16(21)24-2;1-14-10-9-13(16,12(14)15)8-7-11-5-3-2-4-6-11;2-1(3)4;/h5-11,16-18,37H,4,14-15H2,1-3H3;3-8H,1-2H3;2-3,5-6,16H,9-10H2,1H3;;/q;;-1;;+1/t30-;;13-;;/m0.0../s1. The maximum atomic E-state index is 13.6. The van der Waals surface area contributed by atoms with Gasteiger partial charge in [-0.1, -0.05) is 106 Å². The van der Waals surface area contributed by atoms with E-state index in [1.807, 2.05) is 26.0 Å². The van der Waals surface area contributed by atoms with E-state index in [-0.39, 0.29) is 123 Å². The van der Waals surface area contributed by atoms with Crippen LogP contribution in [0, 0.1) is 43.6 Å². The number of likely N-dealkylation sites (tertiary alicyclic amines) is 2. The van der Waals surface area contributed by atoms with Crippen LogP contribution in [0.3, 0.4) is 0 Å². The van der Waals surface area contributed by atoms with Crippen LogP contribution in [0.5, 0.6) is 0 Å². The zero-order valence-corrected chi connectivity index (χ0v) is 54.4. The number of pyridine rings is 2. The van der Waals surface area contributed by atoms with Gasteiger partial charge >= 0.3 is 70.9 Å². The van der Waals surface area contributed by atoms with Crippen molar-refractivity contribution < 1.29 is 120 Å². The Morgan fingerprint density at radius 2 is 1.16 bits per heavy atom. The van der Waals surface area contributed by atoms with Crippen molar-refractivity contribution in [1.82, 2.24) is 27.7 Å². The Labute approximate surface area is 557 Å². The van der Waals surface area contributed by atoms with Gasteiger partial charge in [0.15, 0.2) is 11.4 Å². The van der Waals surface area contributed by atoms with Crippen LogP contribution >= 0.6 is 34.8 Å². The Kier molecular flexibility index (Phi) is 23.3. The average molecular weight is 1310 g/mol. The monoisotopic (exact) mass is 1310 g/mol. The van der Waals surface area contributed by atoms with Gasteiger partial charge in [0.25, 0.3) is 31.9 Å². The number of esters is 2. The summed E-state index contributed by atoms with van der Waals surface area (Å²) in [5, 5.41) is 21.5. The number of aromatic nitrogens is 4. The third-order valence-electron chi connectivity index (χ3n) is 13.1. The summed E-state index contributed by atoms with van der Waals surface area (Å²) in [7, 11) is -7.36. The number of rotatable bonds is 8. The van der Waals surface area contributed by atoms with Gasteiger partial charge in [-0.2, -0.15) is 30.3 Å². The van der Waals surface area contributed by atoms with Gasteiger partial charge in [0.05, 0.1) is 50.3 Å². The van der Waals surface area contributed by atoms with Crippen molar-refractivity contribution in [2.75, 3.05) is 40.9 Å². The number of nitrogens with zero attached hydrogens (tertiary/aromatic N) is 6. The molecule has 2 saturated heterocycles. The SMILES string of the molecule is CCOC(=O)c1nc(-c2cccc(C#C[C@]3(O)CCN(C)C3=O)c2)cc2c(Cl)cn(S(=O)(=O)c3ccc(C)cc3)c12.CN1CC[C@@](O)(C#Cc2c[c-]ccc2)C1=O.COC(=O)c1nc(Cl)cc2c(Cl)cn(S(=O)(=O)c3ccc(C)cc3)c12.FB(F)F.[K+]. The molecule has 0 bridgehead atoms. The summed E-state index contributed by atoms with van der Waals surface area (Å²) in [5.74, 6) is 8.60. The summed E-state index contributed by atoms with van der Waals surface area (Å²) in [6.07, 6.45) is 3.03. The van der Waals surface area contributed by atoms with Crippen LogP contribution in [0.15, 0.2) is 131 Å². The maximum Gasteiger partial charge on any atom is 1.00 e. The number of aryl methyl sites for hydroxylation is 2. The zero-order valence-electron chi connectivity index (χ0n) is 47.4. The number of fused-ring (bicyclic) bond motifs is 2. The number of hydrogen-bond acceptors (Lipinski definition) is 14. The molecule has 0 unspecified atom stereocenters. The molecule has 2 amide bonds. The van der Waals surface area contributed by atoms with E-state index in [1.165, 1.54) is 59.6 Å². The molecule has 0 saturated carbocycles. The van der Waals surface area contributed by atoms with Crippen LogP contribution in [-0.4, -0.2) is 138 Å². The number of hydrogen-bond donors (Lipinski definition) is 2. The second-order valence-corrected chi connectivity index (χ2v) is 24.0. The van der Waals surface area contributed by atoms with Gasteiger partial charge in [-0.25, -0.2) is 44.3 Å². The summed E-state index contributed by atoms with van der Waals surface area (Å²) in [5.41, 5.74) is 0.244. The van der Waals surface area contributed by atoms with Crippen molar-refractivity contribution in [2.24, 2.45) is 0 Å². The second kappa shape index (κ2) is 29.2. The molecule has 0 aliphatic carbocycles. The number of carbonyl (C=O) groups excluding carboxylic acids is 4. The van der Waals surface area contributed by atoms with Gasteiger partial charge in [-0.3, -0.25) is 22.5 Å². The Balaban J connectivity index is 0.000000222. The van der Waals surface area contributed by atoms with Crippen LogP contribution in [0.1, 0.15) is 63.0 Å². The van der Waals surface area contributed by atoms with Crippen LogP contribution in [0.4, 0.5) is 12.9 Å². The number of amides is 2. The molecule has 4 aromatic heterocycles. The number of carbonyl (C=O) groups is 4. The molecule has 2 aliphatic rings. The van der Waals surface area contributed by atoms with Gasteiger partial charge in [0, 0.05) is 74.3 Å². The molecule has 0 spiro atoms. The van der Waals surface area contributed by atoms with Crippen LogP contribution < -0.4 is 51.4 Å². The molecule has 6 heterocycles. The van der Waals surface area contributed by atoms with Crippen molar-refractivity contribution in [3.63, 3.8) is 0 Å². The van der Waals surface area contributed by atoms with Crippen LogP contribution in [-0.2, 0) is 39.1 Å². The Hall–Kier alpha value is -6.56. The largest absolute Gasteiger partial charge is 1.00 e. The van der Waals surface area contributed by atoms with Crippen LogP contribution in [0.2, 0.25) is 15.2 Å². The number of aliphatic hydroxyl groups is 2. The van der Waals surface area contributed by atoms with Crippen molar-refractivity contribution in [1.29, 1.82) is 0 Å². The first-order chi connectivity index (χ1) is 40.5. The van der Waals surface area contributed by atoms with E-state index in [9.17, 15) is 59.2 Å². The Morgan fingerprint density at radius 3 is 1.60 bits per heavy atom. The fraction of sp³-hybridized carbons (Fsp3) is 0.220. The second-order valence-electron chi connectivity index (χ2n) is 19.1. The molecule has 2 aliphatic heterocycles. The smallest absolute Gasteiger partial charge is 0.464 e. The molecule has 28 heteroatoms. The summed E-state index contributed by atoms with van der Waals surface area (Å²) in [4.78, 5) is 60.5. The average Bonchev–Trinajstić information content (AvgIpc) is 1.75. The van der Waals surface area contributed by atoms with Crippen molar-refractivity contribution >= 4 is 108 Å². The topological polar surface area (TPSA) is 238 Å². The van der Waals surface area contributed by atoms with E-state index in [2.05, 4.69) is 44.5 Å². The molecule has 2 fully saturated rings. The molecule has 87 heavy (non-hydrogen) atoms. The van der Waals surface area contributed by atoms with E-state index in [1.54, 1.807) is 87.7 Å². The molecular weight excluding hydrogens is 1260 g/mol. The van der Waals surface area contributed by atoms with Crippen LogP contribution in [0.25, 0.3) is 33.1 Å². The van der Waals surface area contributed by atoms with Crippen molar-refractivity contribution in [3.05, 3.63) is 176 Å². The summed E-state index contributed by atoms with van der Waals surface area (Å²) in [6, 6.07) is 32.5. The van der Waals surface area contributed by atoms with Gasteiger partial charge < -0.3 is 29.5 Å². The van der Waals surface area contributed by atoms with E-state index in [4.69, 9.17) is 39.5 Å². The number of methoxy groups -OCH3 is 1. The number of likely N-dealkylation sites (N-methyl/N-ethyl adjacent to an activating group) is 2. The molecule has 2 N–H and O–H groups in total. The van der Waals surface area contributed by atoms with Crippen molar-refractivity contribution in [3.8, 4) is 34.9 Å². The Bertz CT molecular complexity index is 4300. The summed E-state index contributed by atoms with van der Waals surface area (Å²) < 4.78 is 94.1. The third-order valence-corrected chi connectivity index (χ3v) is 17.2. The molecule has 8 aromatic rings. The summed E-state index contributed by atoms with van der Waals surface area (Å²) >= 11 is 18.6.